The molecule has 4 rings (SSSR count). The van der Waals surface area contributed by atoms with Gasteiger partial charge in [-0.1, -0.05) is 18.2 Å². The van der Waals surface area contributed by atoms with E-state index in [1.54, 1.807) is 0 Å². The van der Waals surface area contributed by atoms with Gasteiger partial charge in [-0.15, -0.1) is 0 Å². The van der Waals surface area contributed by atoms with Crippen LogP contribution in [0.2, 0.25) is 0 Å². The minimum atomic E-state index is -0.190. The SMILES string of the molecule is CCn1cc(C(=O)N2CCN([C@H]3CCC[C@H]3O)CC2)c2ccccc21. The quantitative estimate of drug-likeness (QED) is 0.932. The first-order valence-corrected chi connectivity index (χ1v) is 9.48. The van der Waals surface area contributed by atoms with Gasteiger partial charge in [0.2, 0.25) is 0 Å². The molecule has 2 aliphatic rings. The highest BCUT2D eigenvalue weighted by Gasteiger charge is 2.33. The number of nitrogens with zero attached hydrogens (tertiary/aromatic N) is 3. The number of hydrogen-bond acceptors (Lipinski definition) is 3. The van der Waals surface area contributed by atoms with Crippen LogP contribution in [0.3, 0.4) is 0 Å². The van der Waals surface area contributed by atoms with Gasteiger partial charge in [-0.25, -0.2) is 0 Å². The zero-order valence-electron chi connectivity index (χ0n) is 14.9. The summed E-state index contributed by atoms with van der Waals surface area (Å²) in [5, 5.41) is 11.2. The Morgan fingerprint density at radius 1 is 1.16 bits per heavy atom. The Bertz CT molecular complexity index is 761. The number of carbonyl (C=O) groups is 1. The van der Waals surface area contributed by atoms with E-state index < -0.39 is 0 Å². The fourth-order valence-corrected chi connectivity index (χ4v) is 4.45. The van der Waals surface area contributed by atoms with Crippen LogP contribution in [0.5, 0.6) is 0 Å². The monoisotopic (exact) mass is 341 g/mol. The predicted molar refractivity (Wildman–Crippen MR) is 98.7 cm³/mol. The molecule has 0 bridgehead atoms. The van der Waals surface area contributed by atoms with Crippen molar-refractivity contribution in [2.24, 2.45) is 0 Å². The van der Waals surface area contributed by atoms with E-state index in [9.17, 15) is 9.90 Å². The topological polar surface area (TPSA) is 48.7 Å². The van der Waals surface area contributed by atoms with E-state index in [1.807, 2.05) is 29.3 Å². The second kappa shape index (κ2) is 6.81. The molecule has 1 aromatic carbocycles. The predicted octanol–water partition coefficient (Wildman–Crippen LogP) is 2.33. The average Bonchev–Trinajstić information content (AvgIpc) is 3.25. The van der Waals surface area contributed by atoms with Crippen LogP contribution in [0, 0.1) is 0 Å². The molecule has 134 valence electrons. The van der Waals surface area contributed by atoms with Crippen LogP contribution >= 0.6 is 0 Å². The number of amides is 1. The maximum atomic E-state index is 13.1. The number of aryl methyl sites for hydroxylation is 1. The van der Waals surface area contributed by atoms with Crippen LogP contribution in [-0.2, 0) is 6.54 Å². The second-order valence-corrected chi connectivity index (χ2v) is 7.24. The first-order chi connectivity index (χ1) is 12.2. The number of benzene rings is 1. The molecule has 1 aromatic heterocycles. The molecule has 1 saturated heterocycles. The zero-order chi connectivity index (χ0) is 17.4. The van der Waals surface area contributed by atoms with Gasteiger partial charge in [0.15, 0.2) is 0 Å². The molecular formula is C20H27N3O2. The van der Waals surface area contributed by atoms with E-state index >= 15 is 0 Å². The van der Waals surface area contributed by atoms with Crippen molar-refractivity contribution in [2.75, 3.05) is 26.2 Å². The lowest BCUT2D eigenvalue weighted by Crippen LogP contribution is -2.53. The van der Waals surface area contributed by atoms with Gasteiger partial charge in [0.1, 0.15) is 0 Å². The highest BCUT2D eigenvalue weighted by Crippen LogP contribution is 2.26. The highest BCUT2D eigenvalue weighted by atomic mass is 16.3. The number of hydrogen-bond donors (Lipinski definition) is 1. The first kappa shape index (κ1) is 16.6. The second-order valence-electron chi connectivity index (χ2n) is 7.24. The van der Waals surface area contributed by atoms with Crippen molar-refractivity contribution >= 4 is 16.8 Å². The maximum absolute atomic E-state index is 13.1. The zero-order valence-corrected chi connectivity index (χ0v) is 14.9. The van der Waals surface area contributed by atoms with Crippen molar-refractivity contribution in [3.8, 4) is 0 Å². The number of para-hydroxylation sites is 1. The van der Waals surface area contributed by atoms with Gasteiger partial charge >= 0.3 is 0 Å². The minimum Gasteiger partial charge on any atom is -0.391 e. The molecule has 2 heterocycles. The van der Waals surface area contributed by atoms with E-state index in [-0.39, 0.29) is 12.0 Å². The molecule has 5 nitrogen and oxygen atoms in total. The third kappa shape index (κ3) is 2.96. The number of fused-ring (bicyclic) bond motifs is 1. The molecule has 0 radical (unpaired) electrons. The lowest BCUT2D eigenvalue weighted by Gasteiger charge is -2.39. The Kier molecular flexibility index (Phi) is 4.52. The summed E-state index contributed by atoms with van der Waals surface area (Å²) in [4.78, 5) is 17.4. The van der Waals surface area contributed by atoms with E-state index in [4.69, 9.17) is 0 Å². The summed E-state index contributed by atoms with van der Waals surface area (Å²) in [5.74, 6) is 0.134. The van der Waals surface area contributed by atoms with E-state index in [1.165, 1.54) is 0 Å². The van der Waals surface area contributed by atoms with Crippen LogP contribution in [0.1, 0.15) is 36.5 Å². The van der Waals surface area contributed by atoms with Crippen LogP contribution in [0.15, 0.2) is 30.5 Å². The molecule has 2 atom stereocenters. The molecule has 1 aliphatic carbocycles. The van der Waals surface area contributed by atoms with Crippen molar-refractivity contribution in [2.45, 2.75) is 44.9 Å². The van der Waals surface area contributed by atoms with Crippen LogP contribution in [-0.4, -0.2) is 63.7 Å². The third-order valence-electron chi connectivity index (χ3n) is 5.87. The van der Waals surface area contributed by atoms with Crippen LogP contribution < -0.4 is 0 Å². The molecule has 2 aromatic rings. The van der Waals surface area contributed by atoms with E-state index in [0.717, 1.165) is 68.5 Å². The Labute approximate surface area is 148 Å². The summed E-state index contributed by atoms with van der Waals surface area (Å²) >= 11 is 0. The summed E-state index contributed by atoms with van der Waals surface area (Å²) in [7, 11) is 0. The molecule has 1 N–H and O–H groups in total. The van der Waals surface area contributed by atoms with Gasteiger partial charge < -0.3 is 14.6 Å². The molecule has 1 aliphatic heterocycles. The summed E-state index contributed by atoms with van der Waals surface area (Å²) < 4.78 is 2.15. The summed E-state index contributed by atoms with van der Waals surface area (Å²) in [6.07, 6.45) is 4.92. The highest BCUT2D eigenvalue weighted by molar-refractivity contribution is 6.07. The van der Waals surface area contributed by atoms with Crippen molar-refractivity contribution in [3.05, 3.63) is 36.0 Å². The number of rotatable bonds is 3. The molecule has 2 fully saturated rings. The lowest BCUT2D eigenvalue weighted by atomic mass is 10.1. The van der Waals surface area contributed by atoms with Gasteiger partial charge in [0.05, 0.1) is 11.7 Å². The van der Waals surface area contributed by atoms with Gasteiger partial charge in [0.25, 0.3) is 5.91 Å². The molecule has 0 spiro atoms. The van der Waals surface area contributed by atoms with E-state index in [2.05, 4.69) is 22.5 Å². The minimum absolute atomic E-state index is 0.134. The number of aromatic nitrogens is 1. The molecule has 5 heteroatoms. The number of carbonyl (C=O) groups excluding carboxylic acids is 1. The lowest BCUT2D eigenvalue weighted by molar-refractivity contribution is 0.0316. The normalized spacial score (nSPS) is 25.0. The van der Waals surface area contributed by atoms with Crippen molar-refractivity contribution < 1.29 is 9.90 Å². The van der Waals surface area contributed by atoms with Crippen molar-refractivity contribution in [1.82, 2.24) is 14.4 Å². The standard InChI is InChI=1S/C20H27N3O2/c1-2-21-14-16(15-6-3-4-7-17(15)21)20(25)23-12-10-22(11-13-23)18-8-5-9-19(18)24/h3-4,6-7,14,18-19,24H,2,5,8-13H2,1H3/t18-,19+/m0/s1. The molecule has 1 amide bonds. The van der Waals surface area contributed by atoms with Gasteiger partial charge in [-0.05, 0) is 32.3 Å². The van der Waals surface area contributed by atoms with E-state index in [0.29, 0.717) is 6.04 Å². The number of aliphatic hydroxyl groups excluding tert-OH is 1. The Morgan fingerprint density at radius 3 is 2.60 bits per heavy atom. The molecule has 1 saturated carbocycles. The maximum Gasteiger partial charge on any atom is 0.256 e. The smallest absolute Gasteiger partial charge is 0.256 e. The summed E-state index contributed by atoms with van der Waals surface area (Å²) in [6, 6.07) is 8.43. The van der Waals surface area contributed by atoms with Gasteiger partial charge in [0, 0.05) is 55.9 Å². The largest absolute Gasteiger partial charge is 0.391 e. The van der Waals surface area contributed by atoms with Crippen molar-refractivity contribution in [1.29, 1.82) is 0 Å². The molecule has 25 heavy (non-hydrogen) atoms. The van der Waals surface area contributed by atoms with Crippen LogP contribution in [0.25, 0.3) is 10.9 Å². The summed E-state index contributed by atoms with van der Waals surface area (Å²) in [5.41, 5.74) is 1.94. The third-order valence-corrected chi connectivity index (χ3v) is 5.87. The Morgan fingerprint density at radius 2 is 1.92 bits per heavy atom. The summed E-state index contributed by atoms with van der Waals surface area (Å²) in [6.45, 7) is 6.18. The molecular weight excluding hydrogens is 314 g/mol. The first-order valence-electron chi connectivity index (χ1n) is 9.48. The Hall–Kier alpha value is -1.85. The van der Waals surface area contributed by atoms with Crippen molar-refractivity contribution in [3.63, 3.8) is 0 Å². The van der Waals surface area contributed by atoms with Crippen LogP contribution in [0.4, 0.5) is 0 Å². The number of aliphatic hydroxyl groups is 1. The van der Waals surface area contributed by atoms with Gasteiger partial charge in [-0.2, -0.15) is 0 Å². The average molecular weight is 341 g/mol. The Balaban J connectivity index is 1.49. The fourth-order valence-electron chi connectivity index (χ4n) is 4.45. The van der Waals surface area contributed by atoms with Gasteiger partial charge in [-0.3, -0.25) is 9.69 Å². The fraction of sp³-hybridized carbons (Fsp3) is 0.550. The number of piperazine rings is 1. The molecule has 0 unspecified atom stereocenters.